The largest absolute Gasteiger partial charge is 0.393 e. The van der Waals surface area contributed by atoms with E-state index >= 15 is 0 Å². The molecule has 2 rings (SSSR count). The lowest BCUT2D eigenvalue weighted by Gasteiger charge is -2.07. The second-order valence-electron chi connectivity index (χ2n) is 3.77. The lowest BCUT2D eigenvalue weighted by Crippen LogP contribution is -2.32. The van der Waals surface area contributed by atoms with Gasteiger partial charge in [0.25, 0.3) is 11.1 Å². The first-order valence-corrected chi connectivity index (χ1v) is 5.32. The number of rotatable bonds is 3. The molecule has 2 aromatic rings. The minimum atomic E-state index is -0.604. The van der Waals surface area contributed by atoms with Crippen LogP contribution >= 0.6 is 0 Å². The van der Waals surface area contributed by atoms with Crippen LogP contribution in [0, 0.1) is 0 Å². The molecule has 2 aromatic heterocycles. The molecule has 0 aliphatic rings. The number of pyridine rings is 1. The second kappa shape index (κ2) is 4.74. The molecule has 0 amide bonds. The third-order valence-electron chi connectivity index (χ3n) is 2.52. The van der Waals surface area contributed by atoms with E-state index < -0.39 is 11.2 Å². The molecule has 0 aromatic carbocycles. The van der Waals surface area contributed by atoms with Gasteiger partial charge in [0, 0.05) is 31.5 Å². The van der Waals surface area contributed by atoms with Crippen molar-refractivity contribution in [3.63, 3.8) is 0 Å². The summed E-state index contributed by atoms with van der Waals surface area (Å²) in [6.07, 6.45) is 2.90. The van der Waals surface area contributed by atoms with Crippen molar-refractivity contribution in [1.82, 2.24) is 14.1 Å². The zero-order chi connectivity index (χ0) is 13.1. The summed E-state index contributed by atoms with van der Waals surface area (Å²) in [7, 11) is 0. The van der Waals surface area contributed by atoms with Crippen LogP contribution < -0.4 is 22.5 Å². The fourth-order valence-corrected chi connectivity index (χ4v) is 1.55. The molecule has 0 radical (unpaired) electrons. The Bertz CT molecular complexity index is 726. The summed E-state index contributed by atoms with van der Waals surface area (Å²) in [6, 6.07) is 4.80. The number of aromatic amines is 1. The Labute approximate surface area is 101 Å². The van der Waals surface area contributed by atoms with Gasteiger partial charge in [0.15, 0.2) is 0 Å². The van der Waals surface area contributed by atoms with Crippen LogP contribution in [0.15, 0.2) is 45.0 Å². The Kier molecular flexibility index (Phi) is 3.13. The number of nitrogens with two attached hydrogens (primary N) is 1. The average Bonchev–Trinajstić information content (AvgIpc) is 2.34. The summed E-state index contributed by atoms with van der Waals surface area (Å²) in [5.41, 5.74) is 4.09. The van der Waals surface area contributed by atoms with Gasteiger partial charge in [-0.05, 0) is 6.07 Å². The Morgan fingerprint density at radius 2 is 1.83 bits per heavy atom. The minimum absolute atomic E-state index is 0.0324. The maximum Gasteiger partial charge on any atom is 0.328 e. The number of aromatic nitrogens is 3. The van der Waals surface area contributed by atoms with Gasteiger partial charge < -0.3 is 10.3 Å². The molecule has 0 spiro atoms. The number of hydrogen-bond donors (Lipinski definition) is 2. The number of anilines is 1. The van der Waals surface area contributed by atoms with Crippen molar-refractivity contribution >= 4 is 5.69 Å². The van der Waals surface area contributed by atoms with Crippen LogP contribution in [-0.2, 0) is 13.1 Å². The molecule has 94 valence electrons. The van der Waals surface area contributed by atoms with E-state index in [1.54, 1.807) is 18.3 Å². The van der Waals surface area contributed by atoms with Gasteiger partial charge >= 0.3 is 5.69 Å². The minimum Gasteiger partial charge on any atom is -0.393 e. The topological polar surface area (TPSA) is 103 Å². The first kappa shape index (κ1) is 11.9. The van der Waals surface area contributed by atoms with Gasteiger partial charge in [-0.3, -0.25) is 19.1 Å². The predicted molar refractivity (Wildman–Crippen MR) is 66.4 cm³/mol. The molecular formula is C11H12N4O3. The molecule has 7 heteroatoms. The number of hydrogen-bond acceptors (Lipinski definition) is 4. The van der Waals surface area contributed by atoms with Crippen LogP contribution in [0.2, 0.25) is 0 Å². The molecule has 0 atom stereocenters. The van der Waals surface area contributed by atoms with Crippen molar-refractivity contribution in [2.75, 3.05) is 5.73 Å². The van der Waals surface area contributed by atoms with E-state index in [0.717, 1.165) is 0 Å². The number of H-pyrrole nitrogens is 1. The highest BCUT2D eigenvalue weighted by Crippen LogP contribution is 1.89. The quantitative estimate of drug-likeness (QED) is 0.725. The molecule has 7 nitrogen and oxygen atoms in total. The van der Waals surface area contributed by atoms with Gasteiger partial charge in [-0.1, -0.05) is 6.07 Å². The van der Waals surface area contributed by atoms with Gasteiger partial charge in [0.05, 0.1) is 0 Å². The molecule has 18 heavy (non-hydrogen) atoms. The number of aryl methyl sites for hydroxylation is 2. The van der Waals surface area contributed by atoms with Gasteiger partial charge in [-0.15, -0.1) is 0 Å². The van der Waals surface area contributed by atoms with Crippen molar-refractivity contribution in [2.45, 2.75) is 13.1 Å². The van der Waals surface area contributed by atoms with Gasteiger partial charge in [-0.2, -0.15) is 0 Å². The summed E-state index contributed by atoms with van der Waals surface area (Å²) >= 11 is 0. The van der Waals surface area contributed by atoms with E-state index in [1.165, 1.54) is 21.4 Å². The van der Waals surface area contributed by atoms with Gasteiger partial charge in [0.2, 0.25) is 0 Å². The van der Waals surface area contributed by atoms with E-state index in [0.29, 0.717) is 6.54 Å². The number of nitrogens with one attached hydrogen (secondary N) is 1. The summed E-state index contributed by atoms with van der Waals surface area (Å²) in [5.74, 6) is 0. The van der Waals surface area contributed by atoms with E-state index in [1.807, 2.05) is 0 Å². The lowest BCUT2D eigenvalue weighted by atomic mass is 10.4. The first-order chi connectivity index (χ1) is 8.58. The van der Waals surface area contributed by atoms with Crippen molar-refractivity contribution in [2.24, 2.45) is 0 Å². The third-order valence-corrected chi connectivity index (χ3v) is 2.52. The summed E-state index contributed by atoms with van der Waals surface area (Å²) in [6.45, 7) is 0.578. The second-order valence-corrected chi connectivity index (χ2v) is 3.77. The van der Waals surface area contributed by atoms with Crippen LogP contribution in [0.1, 0.15) is 0 Å². The Balaban J connectivity index is 2.24. The van der Waals surface area contributed by atoms with Crippen molar-refractivity contribution < 1.29 is 0 Å². The molecule has 0 saturated heterocycles. The normalized spacial score (nSPS) is 10.4. The fraction of sp³-hybridized carbons (Fsp3) is 0.182. The molecular weight excluding hydrogens is 236 g/mol. The molecule has 0 unspecified atom stereocenters. The maximum absolute atomic E-state index is 11.5. The Morgan fingerprint density at radius 3 is 2.56 bits per heavy atom. The van der Waals surface area contributed by atoms with E-state index in [2.05, 4.69) is 4.98 Å². The van der Waals surface area contributed by atoms with Crippen molar-refractivity contribution in [3.8, 4) is 0 Å². The van der Waals surface area contributed by atoms with Crippen LogP contribution in [0.25, 0.3) is 0 Å². The Hall–Kier alpha value is -2.57. The summed E-state index contributed by atoms with van der Waals surface area (Å²) < 4.78 is 2.73. The highest BCUT2D eigenvalue weighted by atomic mass is 16.2. The van der Waals surface area contributed by atoms with E-state index in [9.17, 15) is 14.4 Å². The van der Waals surface area contributed by atoms with Crippen LogP contribution in [0.3, 0.4) is 0 Å². The first-order valence-electron chi connectivity index (χ1n) is 5.32. The van der Waals surface area contributed by atoms with Crippen LogP contribution in [-0.4, -0.2) is 14.1 Å². The lowest BCUT2D eigenvalue weighted by molar-refractivity contribution is 0.544. The smallest absolute Gasteiger partial charge is 0.328 e. The highest BCUT2D eigenvalue weighted by Gasteiger charge is 2.01. The molecule has 0 aliphatic heterocycles. The summed E-state index contributed by atoms with van der Waals surface area (Å²) in [5, 5.41) is 0. The van der Waals surface area contributed by atoms with E-state index in [-0.39, 0.29) is 17.8 Å². The zero-order valence-electron chi connectivity index (χ0n) is 9.50. The van der Waals surface area contributed by atoms with Gasteiger partial charge in [-0.25, -0.2) is 4.79 Å². The van der Waals surface area contributed by atoms with Crippen LogP contribution in [0.4, 0.5) is 5.69 Å². The fourth-order valence-electron chi connectivity index (χ4n) is 1.55. The molecule has 3 N–H and O–H groups in total. The van der Waals surface area contributed by atoms with E-state index in [4.69, 9.17) is 5.73 Å². The maximum atomic E-state index is 11.5. The van der Waals surface area contributed by atoms with Crippen molar-refractivity contribution in [1.29, 1.82) is 0 Å². The highest BCUT2D eigenvalue weighted by molar-refractivity contribution is 5.30. The molecule has 0 saturated carbocycles. The SMILES string of the molecule is Nc1cn(CCn2ccccc2=O)c(=O)[nH]c1=O. The number of nitrogens with zero attached hydrogens (tertiary/aromatic N) is 2. The third kappa shape index (κ3) is 2.40. The molecule has 0 fully saturated rings. The van der Waals surface area contributed by atoms with Crippen molar-refractivity contribution in [3.05, 3.63) is 61.8 Å². The standard InChI is InChI=1S/C11H12N4O3/c12-8-7-15(11(18)13-10(8)17)6-5-14-4-2-1-3-9(14)16/h1-4,7H,5-6,12H2,(H,13,17,18). The molecule has 0 bridgehead atoms. The number of nitrogen functional groups attached to an aromatic ring is 1. The molecule has 0 aliphatic carbocycles. The Morgan fingerprint density at radius 1 is 1.11 bits per heavy atom. The van der Waals surface area contributed by atoms with Gasteiger partial charge in [0.1, 0.15) is 5.69 Å². The van der Waals surface area contributed by atoms with Crippen LogP contribution in [0.5, 0.6) is 0 Å². The molecule has 2 heterocycles. The predicted octanol–water partition coefficient (Wildman–Crippen LogP) is -1.02. The zero-order valence-corrected chi connectivity index (χ0v) is 9.50. The summed E-state index contributed by atoms with van der Waals surface area (Å²) in [4.78, 5) is 36.1. The monoisotopic (exact) mass is 248 g/mol. The average molecular weight is 248 g/mol.